The molecule has 0 aromatic heterocycles. The number of para-hydroxylation sites is 1. The van der Waals surface area contributed by atoms with Crippen LogP contribution in [-0.4, -0.2) is 0 Å². The third kappa shape index (κ3) is 7.24. The van der Waals surface area contributed by atoms with Crippen molar-refractivity contribution in [2.24, 2.45) is 0 Å². The average Bonchev–Trinajstić information content (AvgIpc) is 3.27. The third-order valence-electron chi connectivity index (χ3n) is 10.3. The zero-order valence-corrected chi connectivity index (χ0v) is 31.0. The molecule has 0 atom stereocenters. The smallest absolute Gasteiger partial charge is 0.0534 e. The minimum Gasteiger partial charge on any atom is -0.355 e. The Hall–Kier alpha value is -7.42. The maximum atomic E-state index is 4.50. The van der Waals surface area contributed by atoms with E-state index >= 15 is 0 Å². The highest BCUT2D eigenvalue weighted by Crippen LogP contribution is 2.40. The molecule has 8 aromatic carbocycles. The van der Waals surface area contributed by atoms with Crippen LogP contribution in [0.25, 0.3) is 61.2 Å². The topological polar surface area (TPSA) is 15.3 Å². The summed E-state index contributed by atoms with van der Waals surface area (Å²) in [7, 11) is 0. The standard InChI is InChI=1S/C54H40N2/c1-39-17-13-14-32-56(50-27-16-25-44(37-50)40-18-5-2-6-19-40)54-31-30-45(38-52(39)54)43-24-15-26-46(33-43)51-28-11-12-29-53(51)55-49-35-47(41-20-7-3-8-21-41)34-48(36-49)42-22-9-4-10-23-42/h2-38,55H,1H2/b17-13-,32-14-. The monoisotopic (exact) mass is 716 g/mol. The molecule has 0 aliphatic carbocycles. The first kappa shape index (κ1) is 34.4. The number of allylic oxidation sites excluding steroid dienone is 4. The fraction of sp³-hybridized carbons (Fsp3) is 0. The van der Waals surface area contributed by atoms with Crippen molar-refractivity contribution in [3.05, 3.63) is 237 Å². The minimum atomic E-state index is 0.966. The molecule has 1 aliphatic rings. The molecule has 9 rings (SSSR count). The van der Waals surface area contributed by atoms with E-state index in [-0.39, 0.29) is 0 Å². The Kier molecular flexibility index (Phi) is 9.52. The molecule has 0 saturated heterocycles. The largest absolute Gasteiger partial charge is 0.355 e. The highest BCUT2D eigenvalue weighted by molar-refractivity contribution is 5.90. The zero-order valence-electron chi connectivity index (χ0n) is 31.0. The van der Waals surface area contributed by atoms with Gasteiger partial charge in [0.1, 0.15) is 0 Å². The quantitative estimate of drug-likeness (QED) is 0.168. The Morgan fingerprint density at radius 2 is 0.911 bits per heavy atom. The van der Waals surface area contributed by atoms with Crippen LogP contribution < -0.4 is 10.2 Å². The van der Waals surface area contributed by atoms with Gasteiger partial charge in [0.25, 0.3) is 0 Å². The van der Waals surface area contributed by atoms with Crippen molar-refractivity contribution in [2.75, 3.05) is 10.2 Å². The second-order valence-electron chi connectivity index (χ2n) is 14.0. The number of hydrogen-bond acceptors (Lipinski definition) is 2. The van der Waals surface area contributed by atoms with Crippen LogP contribution in [-0.2, 0) is 0 Å². The number of nitrogens with one attached hydrogen (secondary N) is 1. The van der Waals surface area contributed by atoms with Crippen LogP contribution in [0, 0.1) is 0 Å². The molecule has 2 heteroatoms. The summed E-state index contributed by atoms with van der Waals surface area (Å²) in [6.07, 6.45) is 8.36. The highest BCUT2D eigenvalue weighted by atomic mass is 15.1. The zero-order chi connectivity index (χ0) is 37.7. The van der Waals surface area contributed by atoms with Crippen molar-refractivity contribution in [1.29, 1.82) is 0 Å². The molecule has 1 heterocycles. The van der Waals surface area contributed by atoms with Gasteiger partial charge in [-0.25, -0.2) is 0 Å². The molecular weight excluding hydrogens is 677 g/mol. The van der Waals surface area contributed by atoms with Crippen LogP contribution in [0.3, 0.4) is 0 Å². The lowest BCUT2D eigenvalue weighted by Crippen LogP contribution is -2.11. The van der Waals surface area contributed by atoms with Gasteiger partial charge in [0.2, 0.25) is 0 Å². The fourth-order valence-electron chi connectivity index (χ4n) is 7.51. The van der Waals surface area contributed by atoms with Gasteiger partial charge in [0, 0.05) is 34.4 Å². The molecular formula is C54H40N2. The average molecular weight is 717 g/mol. The van der Waals surface area contributed by atoms with Crippen LogP contribution >= 0.6 is 0 Å². The van der Waals surface area contributed by atoms with E-state index in [1.54, 1.807) is 0 Å². The number of anilines is 4. The Morgan fingerprint density at radius 1 is 0.375 bits per heavy atom. The third-order valence-corrected chi connectivity index (χ3v) is 10.3. The molecule has 56 heavy (non-hydrogen) atoms. The lowest BCUT2D eigenvalue weighted by atomic mass is 9.94. The minimum absolute atomic E-state index is 0.966. The molecule has 0 amide bonds. The summed E-state index contributed by atoms with van der Waals surface area (Å²) in [5.41, 5.74) is 18.0. The van der Waals surface area contributed by atoms with E-state index in [1.807, 2.05) is 0 Å². The van der Waals surface area contributed by atoms with Crippen LogP contribution in [0.15, 0.2) is 231 Å². The van der Waals surface area contributed by atoms with Gasteiger partial charge in [-0.1, -0.05) is 164 Å². The van der Waals surface area contributed by atoms with Crippen molar-refractivity contribution < 1.29 is 0 Å². The van der Waals surface area contributed by atoms with Gasteiger partial charge in [-0.05, 0) is 116 Å². The number of fused-ring (bicyclic) bond motifs is 1. The normalized spacial score (nSPS) is 13.3. The van der Waals surface area contributed by atoms with Gasteiger partial charge in [-0.15, -0.1) is 0 Å². The Morgan fingerprint density at radius 3 is 1.61 bits per heavy atom. The van der Waals surface area contributed by atoms with E-state index in [9.17, 15) is 0 Å². The van der Waals surface area contributed by atoms with E-state index in [0.717, 1.165) is 56.1 Å². The summed E-state index contributed by atoms with van der Waals surface area (Å²) in [4.78, 5) is 2.26. The molecule has 0 spiro atoms. The summed E-state index contributed by atoms with van der Waals surface area (Å²) < 4.78 is 0. The highest BCUT2D eigenvalue weighted by Gasteiger charge is 2.17. The molecule has 0 radical (unpaired) electrons. The lowest BCUT2D eigenvalue weighted by Gasteiger charge is -2.26. The van der Waals surface area contributed by atoms with Crippen LogP contribution in [0.2, 0.25) is 0 Å². The van der Waals surface area contributed by atoms with Gasteiger partial charge in [-0.3, -0.25) is 0 Å². The van der Waals surface area contributed by atoms with Gasteiger partial charge in [0.05, 0.1) is 5.69 Å². The van der Waals surface area contributed by atoms with E-state index in [0.29, 0.717) is 0 Å². The van der Waals surface area contributed by atoms with E-state index < -0.39 is 0 Å². The van der Waals surface area contributed by atoms with Crippen molar-refractivity contribution in [1.82, 2.24) is 0 Å². The predicted octanol–water partition coefficient (Wildman–Crippen LogP) is 15.0. The molecule has 266 valence electrons. The van der Waals surface area contributed by atoms with Crippen LogP contribution in [0.5, 0.6) is 0 Å². The molecule has 0 saturated carbocycles. The summed E-state index contributed by atoms with van der Waals surface area (Å²) in [5.74, 6) is 0. The lowest BCUT2D eigenvalue weighted by molar-refractivity contribution is 1.27. The number of nitrogens with zero attached hydrogens (tertiary/aromatic N) is 1. The maximum Gasteiger partial charge on any atom is 0.0534 e. The molecule has 8 aromatic rings. The van der Waals surface area contributed by atoms with E-state index in [4.69, 9.17) is 0 Å². The maximum absolute atomic E-state index is 4.50. The SMILES string of the molecule is C=C1/C=C\C=C/N(c2cccc(-c3ccccc3)c2)c2ccc(-c3cccc(-c4ccccc4Nc4cc(-c5ccccc5)cc(-c5ccccc5)c4)c3)cc21. The Bertz CT molecular complexity index is 2670. The van der Waals surface area contributed by atoms with Gasteiger partial charge >= 0.3 is 0 Å². The molecule has 2 nitrogen and oxygen atoms in total. The van der Waals surface area contributed by atoms with Gasteiger partial charge < -0.3 is 10.2 Å². The van der Waals surface area contributed by atoms with Gasteiger partial charge in [0.15, 0.2) is 0 Å². The van der Waals surface area contributed by atoms with E-state index in [1.165, 1.54) is 33.4 Å². The molecule has 0 fully saturated rings. The van der Waals surface area contributed by atoms with Crippen LogP contribution in [0.4, 0.5) is 22.7 Å². The molecule has 0 unspecified atom stereocenters. The van der Waals surface area contributed by atoms with Crippen molar-refractivity contribution in [3.8, 4) is 55.6 Å². The van der Waals surface area contributed by atoms with Gasteiger partial charge in [-0.2, -0.15) is 0 Å². The van der Waals surface area contributed by atoms with Crippen molar-refractivity contribution in [2.45, 2.75) is 0 Å². The fourth-order valence-corrected chi connectivity index (χ4v) is 7.51. The summed E-state index contributed by atoms with van der Waals surface area (Å²) in [6.45, 7) is 4.50. The van der Waals surface area contributed by atoms with E-state index in [2.05, 4.69) is 241 Å². The number of hydrogen-bond donors (Lipinski definition) is 1. The van der Waals surface area contributed by atoms with Crippen molar-refractivity contribution >= 4 is 28.3 Å². The summed E-state index contributed by atoms with van der Waals surface area (Å²) in [6, 6.07) is 71.3. The predicted molar refractivity (Wildman–Crippen MR) is 239 cm³/mol. The Labute approximate surface area is 329 Å². The number of rotatable bonds is 8. The molecule has 1 aliphatic heterocycles. The summed E-state index contributed by atoms with van der Waals surface area (Å²) in [5, 5.41) is 3.81. The first-order valence-electron chi connectivity index (χ1n) is 19.0. The van der Waals surface area contributed by atoms with Crippen molar-refractivity contribution in [3.63, 3.8) is 0 Å². The Balaban J connectivity index is 1.06. The van der Waals surface area contributed by atoms with Crippen LogP contribution in [0.1, 0.15) is 5.56 Å². The second-order valence-corrected chi connectivity index (χ2v) is 14.0. The first-order chi connectivity index (χ1) is 27.7. The number of benzene rings is 8. The second kappa shape index (κ2) is 15.5. The first-order valence-corrected chi connectivity index (χ1v) is 19.0. The molecule has 1 N–H and O–H groups in total. The summed E-state index contributed by atoms with van der Waals surface area (Å²) >= 11 is 0. The molecule has 0 bridgehead atoms.